The molecule has 1 fully saturated rings. The van der Waals surface area contributed by atoms with Crippen LogP contribution in [0.3, 0.4) is 0 Å². The Kier molecular flexibility index (Phi) is 4.89. The molecule has 1 saturated heterocycles. The minimum Gasteiger partial charge on any atom is -0.465 e. The van der Waals surface area contributed by atoms with Crippen LogP contribution >= 0.6 is 23.2 Å². The smallest absolute Gasteiger partial charge is 0.297 e. The summed E-state index contributed by atoms with van der Waals surface area (Å²) in [6, 6.07) is 15.6. The number of halogens is 2. The average molecular weight is 347 g/mol. The minimum atomic E-state index is 0.121. The van der Waals surface area contributed by atoms with Crippen LogP contribution in [0.5, 0.6) is 0 Å². The molecule has 1 unspecified atom stereocenters. The molecule has 1 heterocycles. The summed E-state index contributed by atoms with van der Waals surface area (Å²) >= 11 is 11.9. The van der Waals surface area contributed by atoms with Gasteiger partial charge in [-0.05, 0) is 48.5 Å². The van der Waals surface area contributed by atoms with Crippen LogP contribution in [0.1, 0.15) is 6.42 Å². The molecule has 0 amide bonds. The monoisotopic (exact) mass is 346 g/mol. The van der Waals surface area contributed by atoms with Crippen LogP contribution in [0.15, 0.2) is 66.2 Å². The van der Waals surface area contributed by atoms with Crippen LogP contribution in [0, 0.1) is 0 Å². The molecule has 118 valence electrons. The van der Waals surface area contributed by atoms with Gasteiger partial charge in [0.25, 0.3) is 6.02 Å². The number of benzene rings is 2. The van der Waals surface area contributed by atoms with Crippen molar-refractivity contribution in [1.82, 2.24) is 0 Å². The highest BCUT2D eigenvalue weighted by Gasteiger charge is 2.27. The second-order valence-electron chi connectivity index (χ2n) is 5.16. The maximum Gasteiger partial charge on any atom is 0.297 e. The lowest BCUT2D eigenvalue weighted by atomic mass is 10.1. The van der Waals surface area contributed by atoms with Gasteiger partial charge in [0.1, 0.15) is 0 Å². The van der Waals surface area contributed by atoms with Gasteiger partial charge in [-0.2, -0.15) is 4.99 Å². The summed E-state index contributed by atoms with van der Waals surface area (Å²) in [7, 11) is 0. The molecule has 2 aromatic rings. The SMILES string of the molecule is C=CC1CCOC(=Nc2ccc(Cl)cc2)N1c1ccc(Cl)cc1. The molecule has 1 aliphatic heterocycles. The van der Waals surface area contributed by atoms with Crippen LogP contribution < -0.4 is 4.90 Å². The first kappa shape index (κ1) is 15.9. The summed E-state index contributed by atoms with van der Waals surface area (Å²) in [5.74, 6) is 0. The van der Waals surface area contributed by atoms with Crippen LogP contribution in [0.4, 0.5) is 11.4 Å². The van der Waals surface area contributed by atoms with E-state index in [4.69, 9.17) is 27.9 Å². The standard InChI is InChI=1S/C18H16Cl2N2O/c1-2-16-11-12-23-18(21-15-7-3-13(19)4-8-15)22(16)17-9-5-14(20)6-10-17/h2-10,16H,1,11-12H2. The summed E-state index contributed by atoms with van der Waals surface area (Å²) in [6.45, 7) is 4.54. The summed E-state index contributed by atoms with van der Waals surface area (Å²) in [5.41, 5.74) is 1.75. The summed E-state index contributed by atoms with van der Waals surface area (Å²) in [6.07, 6.45) is 2.76. The van der Waals surface area contributed by atoms with Gasteiger partial charge in [-0.25, -0.2) is 0 Å². The Hall–Kier alpha value is -1.97. The molecule has 0 saturated carbocycles. The molecule has 3 rings (SSSR count). The van der Waals surface area contributed by atoms with Gasteiger partial charge in [0.05, 0.1) is 18.3 Å². The van der Waals surface area contributed by atoms with E-state index in [2.05, 4.69) is 11.6 Å². The number of hydrogen-bond donors (Lipinski definition) is 0. The van der Waals surface area contributed by atoms with E-state index in [0.717, 1.165) is 17.8 Å². The number of amidine groups is 1. The number of rotatable bonds is 3. The van der Waals surface area contributed by atoms with E-state index in [0.29, 0.717) is 22.7 Å². The third kappa shape index (κ3) is 3.69. The quantitative estimate of drug-likeness (QED) is 0.689. The van der Waals surface area contributed by atoms with Crippen molar-refractivity contribution < 1.29 is 4.74 Å². The lowest BCUT2D eigenvalue weighted by Gasteiger charge is -2.36. The second kappa shape index (κ2) is 7.07. The van der Waals surface area contributed by atoms with E-state index < -0.39 is 0 Å². The lowest BCUT2D eigenvalue weighted by Crippen LogP contribution is -2.45. The van der Waals surface area contributed by atoms with Crippen molar-refractivity contribution in [2.45, 2.75) is 12.5 Å². The van der Waals surface area contributed by atoms with Gasteiger partial charge in [-0.3, -0.25) is 4.90 Å². The molecule has 0 aromatic heterocycles. The Morgan fingerprint density at radius 3 is 2.26 bits per heavy atom. The van der Waals surface area contributed by atoms with Gasteiger partial charge in [0.2, 0.25) is 0 Å². The molecule has 2 aromatic carbocycles. The fourth-order valence-electron chi connectivity index (χ4n) is 2.45. The lowest BCUT2D eigenvalue weighted by molar-refractivity contribution is 0.256. The Bertz CT molecular complexity index is 711. The normalized spacial score (nSPS) is 19.5. The number of anilines is 1. The molecule has 0 bridgehead atoms. The fourth-order valence-corrected chi connectivity index (χ4v) is 2.70. The highest BCUT2D eigenvalue weighted by atomic mass is 35.5. The van der Waals surface area contributed by atoms with Crippen molar-refractivity contribution in [3.05, 3.63) is 71.2 Å². The van der Waals surface area contributed by atoms with Gasteiger partial charge in [0, 0.05) is 22.2 Å². The number of aliphatic imine (C=N–C) groups is 1. The van der Waals surface area contributed by atoms with Crippen molar-refractivity contribution >= 4 is 40.6 Å². The van der Waals surface area contributed by atoms with Gasteiger partial charge in [-0.1, -0.05) is 29.3 Å². The Balaban J connectivity index is 1.99. The van der Waals surface area contributed by atoms with Crippen LogP contribution in [-0.2, 0) is 4.74 Å². The molecule has 1 aliphatic rings. The number of hydrogen-bond acceptors (Lipinski definition) is 2. The zero-order chi connectivity index (χ0) is 16.2. The molecular formula is C18H16Cl2N2O. The first-order valence-electron chi connectivity index (χ1n) is 7.32. The molecule has 0 spiro atoms. The minimum absolute atomic E-state index is 0.121. The van der Waals surface area contributed by atoms with E-state index in [-0.39, 0.29) is 6.04 Å². The van der Waals surface area contributed by atoms with Crippen molar-refractivity contribution in [1.29, 1.82) is 0 Å². The average Bonchev–Trinajstić information content (AvgIpc) is 2.58. The molecule has 1 atom stereocenters. The van der Waals surface area contributed by atoms with Gasteiger partial charge >= 0.3 is 0 Å². The van der Waals surface area contributed by atoms with Gasteiger partial charge in [0.15, 0.2) is 0 Å². The van der Waals surface area contributed by atoms with Crippen molar-refractivity contribution in [2.24, 2.45) is 4.99 Å². The van der Waals surface area contributed by atoms with Crippen molar-refractivity contribution in [3.8, 4) is 0 Å². The third-order valence-electron chi connectivity index (χ3n) is 3.61. The predicted molar refractivity (Wildman–Crippen MR) is 97.0 cm³/mol. The Morgan fingerprint density at radius 1 is 1.04 bits per heavy atom. The van der Waals surface area contributed by atoms with E-state index in [1.54, 1.807) is 12.1 Å². The van der Waals surface area contributed by atoms with Crippen LogP contribution in [0.2, 0.25) is 10.0 Å². The summed E-state index contributed by atoms with van der Waals surface area (Å²) in [4.78, 5) is 6.65. The van der Waals surface area contributed by atoms with Gasteiger partial charge < -0.3 is 4.74 Å². The Labute approximate surface area is 145 Å². The van der Waals surface area contributed by atoms with E-state index in [1.807, 2.05) is 47.4 Å². The largest absolute Gasteiger partial charge is 0.465 e. The summed E-state index contributed by atoms with van der Waals surface area (Å²) < 4.78 is 5.80. The second-order valence-corrected chi connectivity index (χ2v) is 6.03. The molecule has 0 N–H and O–H groups in total. The van der Waals surface area contributed by atoms with E-state index >= 15 is 0 Å². The molecule has 23 heavy (non-hydrogen) atoms. The maximum absolute atomic E-state index is 5.99. The molecular weight excluding hydrogens is 331 g/mol. The topological polar surface area (TPSA) is 24.8 Å². The van der Waals surface area contributed by atoms with E-state index in [9.17, 15) is 0 Å². The highest BCUT2D eigenvalue weighted by molar-refractivity contribution is 6.31. The molecule has 3 nitrogen and oxygen atoms in total. The Morgan fingerprint density at radius 2 is 1.65 bits per heavy atom. The summed E-state index contributed by atoms with van der Waals surface area (Å²) in [5, 5.41) is 1.37. The third-order valence-corrected chi connectivity index (χ3v) is 4.11. The number of nitrogens with zero attached hydrogens (tertiary/aromatic N) is 2. The first-order valence-corrected chi connectivity index (χ1v) is 8.07. The fraction of sp³-hybridized carbons (Fsp3) is 0.167. The van der Waals surface area contributed by atoms with Crippen LogP contribution in [-0.4, -0.2) is 18.7 Å². The van der Waals surface area contributed by atoms with Crippen LogP contribution in [0.25, 0.3) is 0 Å². The molecule has 0 radical (unpaired) electrons. The first-order chi connectivity index (χ1) is 11.2. The van der Waals surface area contributed by atoms with Gasteiger partial charge in [-0.15, -0.1) is 6.58 Å². The zero-order valence-corrected chi connectivity index (χ0v) is 14.0. The van der Waals surface area contributed by atoms with E-state index in [1.165, 1.54) is 0 Å². The number of ether oxygens (including phenoxy) is 1. The molecule has 0 aliphatic carbocycles. The van der Waals surface area contributed by atoms with Crippen molar-refractivity contribution in [3.63, 3.8) is 0 Å². The maximum atomic E-state index is 5.99. The molecule has 5 heteroatoms. The van der Waals surface area contributed by atoms with Crippen molar-refractivity contribution in [2.75, 3.05) is 11.5 Å². The predicted octanol–water partition coefficient (Wildman–Crippen LogP) is 5.46. The highest BCUT2D eigenvalue weighted by Crippen LogP contribution is 2.27. The zero-order valence-electron chi connectivity index (χ0n) is 12.5.